The molecule has 3 aliphatic heterocycles. The molecular weight excluding hydrogens is 598 g/mol. The first-order valence-electron chi connectivity index (χ1n) is 17.4. The maximum Gasteiger partial charge on any atom is 0.308 e. The fourth-order valence-electron chi connectivity index (χ4n) is 10.2. The summed E-state index contributed by atoms with van der Waals surface area (Å²) in [4.78, 5) is 33.1. The molecule has 2 N–H and O–H groups in total. The summed E-state index contributed by atoms with van der Waals surface area (Å²) in [7, 11) is 0. The maximum atomic E-state index is 13.9. The number of hydrogen-bond acceptors (Lipinski definition) is 7. The van der Waals surface area contributed by atoms with Crippen molar-refractivity contribution in [2.75, 3.05) is 25.4 Å². The minimum atomic E-state index is -2.51. The van der Waals surface area contributed by atoms with Crippen LogP contribution in [0.5, 0.6) is 0 Å². The molecule has 250 valence electrons. The van der Waals surface area contributed by atoms with Gasteiger partial charge in [0.2, 0.25) is 5.92 Å². The van der Waals surface area contributed by atoms with Crippen LogP contribution in [-0.4, -0.2) is 86.4 Å². The Hall–Kier alpha value is -1.56. The van der Waals surface area contributed by atoms with E-state index in [2.05, 4.69) is 24.1 Å². The number of thioether (sulfide) groups is 1. The van der Waals surface area contributed by atoms with Gasteiger partial charge in [0, 0.05) is 60.6 Å². The summed E-state index contributed by atoms with van der Waals surface area (Å²) in [6, 6.07) is 0.503. The van der Waals surface area contributed by atoms with Gasteiger partial charge in [-0.15, -0.1) is 0 Å². The molecule has 2 saturated carbocycles. The number of carbonyl (C=O) groups is 1. The Kier molecular flexibility index (Phi) is 8.87. The third kappa shape index (κ3) is 6.24. The summed E-state index contributed by atoms with van der Waals surface area (Å²) in [5, 5.41) is 13.8. The highest BCUT2D eigenvalue weighted by atomic mass is 32.2. The lowest BCUT2D eigenvalue weighted by atomic mass is 9.68. The van der Waals surface area contributed by atoms with E-state index in [4.69, 9.17) is 9.72 Å². The summed E-state index contributed by atoms with van der Waals surface area (Å²) in [6.45, 7) is 8.76. The quantitative estimate of drug-likeness (QED) is 0.450. The number of hydrogen-bond donors (Lipinski definition) is 2. The standard InChI is InChI=1S/C34H50F2N4O4S/c1-18-4-7-29(24(10-18)25-11-19(2)37-30-27(33(42)43)17-45-31(25)30)44-9-8-40-20(3)38-28-6-5-23(12-26(28)32(40)41)39-15-21-13-34(35,36)14-22(21)16-39/h18-19,21-25,27,29-31,37H,4-17H2,1-3H3,(H,42,43)/t18?,19?,21-,22+,23?,24?,25?,27?,29?,30?,31?. The number of likely N-dealkylation sites (tertiary alicyclic amines) is 1. The molecular formula is C34H50F2N4O4S. The highest BCUT2D eigenvalue weighted by Crippen LogP contribution is 2.49. The summed E-state index contributed by atoms with van der Waals surface area (Å²) in [6.07, 6.45) is 6.69. The fraction of sp³-hybridized carbons (Fsp3) is 0.853. The molecule has 0 aromatic carbocycles. The van der Waals surface area contributed by atoms with E-state index in [-0.39, 0.29) is 65.6 Å². The zero-order valence-corrected chi connectivity index (χ0v) is 27.7. The molecule has 0 radical (unpaired) electrons. The van der Waals surface area contributed by atoms with Gasteiger partial charge >= 0.3 is 5.97 Å². The first-order chi connectivity index (χ1) is 21.5. The number of halogens is 2. The average Bonchev–Trinajstić information content (AvgIpc) is 3.65. The number of ether oxygens (including phenoxy) is 1. The second-order valence-electron chi connectivity index (χ2n) is 15.4. The molecule has 6 aliphatic rings. The van der Waals surface area contributed by atoms with Crippen molar-refractivity contribution in [1.29, 1.82) is 0 Å². The fourth-order valence-corrected chi connectivity index (χ4v) is 12.0. The lowest BCUT2D eigenvalue weighted by Gasteiger charge is -2.47. The van der Waals surface area contributed by atoms with Crippen molar-refractivity contribution in [2.45, 2.75) is 121 Å². The Labute approximate surface area is 269 Å². The second-order valence-corrected chi connectivity index (χ2v) is 16.6. The van der Waals surface area contributed by atoms with Crippen LogP contribution in [0.25, 0.3) is 0 Å². The number of aryl methyl sites for hydroxylation is 2. The van der Waals surface area contributed by atoms with Gasteiger partial charge in [0.25, 0.3) is 5.56 Å². The molecule has 45 heavy (non-hydrogen) atoms. The minimum Gasteiger partial charge on any atom is -0.481 e. The summed E-state index contributed by atoms with van der Waals surface area (Å²) < 4.78 is 36.3. The predicted molar refractivity (Wildman–Crippen MR) is 170 cm³/mol. The van der Waals surface area contributed by atoms with E-state index in [9.17, 15) is 23.5 Å². The van der Waals surface area contributed by atoms with Crippen LogP contribution in [-0.2, 0) is 28.9 Å². The second kappa shape index (κ2) is 12.5. The Balaban J connectivity index is 1.01. The zero-order valence-electron chi connectivity index (χ0n) is 26.9. The number of nitrogens with zero attached hydrogens (tertiary/aromatic N) is 3. The summed E-state index contributed by atoms with van der Waals surface area (Å²) >= 11 is 1.83. The van der Waals surface area contributed by atoms with Crippen molar-refractivity contribution in [3.05, 3.63) is 27.4 Å². The normalized spacial score (nSPS) is 41.0. The molecule has 3 saturated heterocycles. The molecule has 11 atom stereocenters. The number of aliphatic carboxylic acids is 1. The van der Waals surface area contributed by atoms with Crippen molar-refractivity contribution in [3.63, 3.8) is 0 Å². The molecule has 1 aromatic heterocycles. The average molecular weight is 649 g/mol. The highest BCUT2D eigenvalue weighted by molar-refractivity contribution is 8.00. The number of aromatic nitrogens is 2. The van der Waals surface area contributed by atoms with Crippen molar-refractivity contribution in [3.8, 4) is 0 Å². The van der Waals surface area contributed by atoms with Gasteiger partial charge in [-0.1, -0.05) is 6.92 Å². The lowest BCUT2D eigenvalue weighted by Crippen LogP contribution is -2.57. The molecule has 0 spiro atoms. The summed E-state index contributed by atoms with van der Waals surface area (Å²) in [5.41, 5.74) is 1.73. The Morgan fingerprint density at radius 3 is 2.62 bits per heavy atom. The van der Waals surface area contributed by atoms with Crippen LogP contribution in [0.1, 0.15) is 75.9 Å². The predicted octanol–water partition coefficient (Wildman–Crippen LogP) is 4.39. The molecule has 8 nitrogen and oxygen atoms in total. The molecule has 5 fully saturated rings. The van der Waals surface area contributed by atoms with Crippen LogP contribution >= 0.6 is 11.8 Å². The van der Waals surface area contributed by atoms with Crippen molar-refractivity contribution in [1.82, 2.24) is 19.8 Å². The van der Waals surface area contributed by atoms with Gasteiger partial charge in [0.1, 0.15) is 5.82 Å². The van der Waals surface area contributed by atoms with Gasteiger partial charge < -0.3 is 15.2 Å². The first-order valence-corrected chi connectivity index (χ1v) is 18.5. The van der Waals surface area contributed by atoms with E-state index < -0.39 is 11.9 Å². The number of alkyl halides is 2. The van der Waals surface area contributed by atoms with Gasteiger partial charge in [-0.2, -0.15) is 11.8 Å². The molecule has 7 rings (SSSR count). The largest absolute Gasteiger partial charge is 0.481 e. The van der Waals surface area contributed by atoms with E-state index in [1.54, 1.807) is 4.57 Å². The third-order valence-corrected chi connectivity index (χ3v) is 13.9. The van der Waals surface area contributed by atoms with Gasteiger partial charge in [0.15, 0.2) is 0 Å². The van der Waals surface area contributed by atoms with Gasteiger partial charge in [-0.05, 0) is 88.4 Å². The number of carboxylic acids is 1. The SMILES string of the molecule is Cc1nc2c(c(=O)n1CCOC1CCC(C)CC1C1CC(C)NC3C(C(=O)O)CSC13)CC(N1C[C@@H]3CC(F)(F)C[C@@H]3C1)CC2. The van der Waals surface area contributed by atoms with Crippen LogP contribution in [0.4, 0.5) is 8.78 Å². The van der Waals surface area contributed by atoms with Crippen LogP contribution in [0.15, 0.2) is 4.79 Å². The molecule has 0 bridgehead atoms. The van der Waals surface area contributed by atoms with Crippen LogP contribution in [0.2, 0.25) is 0 Å². The smallest absolute Gasteiger partial charge is 0.308 e. The molecule has 3 aliphatic carbocycles. The van der Waals surface area contributed by atoms with E-state index in [1.807, 2.05) is 18.7 Å². The van der Waals surface area contributed by atoms with Gasteiger partial charge in [0.05, 0.1) is 30.9 Å². The molecule has 4 heterocycles. The Morgan fingerprint density at radius 2 is 1.89 bits per heavy atom. The van der Waals surface area contributed by atoms with E-state index >= 15 is 0 Å². The van der Waals surface area contributed by atoms with Gasteiger partial charge in [-0.25, -0.2) is 13.8 Å². The number of nitrogens with one attached hydrogen (secondary N) is 1. The molecule has 0 amide bonds. The molecule has 9 unspecified atom stereocenters. The topological polar surface area (TPSA) is 96.7 Å². The summed E-state index contributed by atoms with van der Waals surface area (Å²) in [5.74, 6) is -0.601. The zero-order chi connectivity index (χ0) is 31.6. The van der Waals surface area contributed by atoms with E-state index in [1.165, 1.54) is 0 Å². The van der Waals surface area contributed by atoms with Gasteiger partial charge in [-0.3, -0.25) is 19.1 Å². The molecule has 1 aromatic rings. The van der Waals surface area contributed by atoms with Crippen molar-refractivity contribution >= 4 is 17.7 Å². The number of carboxylic acid groups (broad SMARTS) is 1. The maximum absolute atomic E-state index is 13.9. The van der Waals surface area contributed by atoms with Crippen LogP contribution in [0.3, 0.4) is 0 Å². The van der Waals surface area contributed by atoms with Crippen LogP contribution < -0.4 is 10.9 Å². The third-order valence-electron chi connectivity index (χ3n) is 12.3. The number of fused-ring (bicyclic) bond motifs is 3. The first kappa shape index (κ1) is 32.0. The van der Waals surface area contributed by atoms with Crippen LogP contribution in [0, 0.1) is 42.4 Å². The number of piperidine rings is 1. The van der Waals surface area contributed by atoms with E-state index in [0.29, 0.717) is 43.1 Å². The van der Waals surface area contributed by atoms with E-state index in [0.717, 1.165) is 68.7 Å². The molecule has 11 heteroatoms. The lowest BCUT2D eigenvalue weighted by molar-refractivity contribution is -0.142. The minimum absolute atomic E-state index is 0.00534. The highest BCUT2D eigenvalue weighted by Gasteiger charge is 2.52. The van der Waals surface area contributed by atoms with Crippen molar-refractivity contribution < 1.29 is 23.4 Å². The Bertz CT molecular complexity index is 1330. The Morgan fingerprint density at radius 1 is 1.13 bits per heavy atom. The number of rotatable bonds is 7. The van der Waals surface area contributed by atoms with Crippen molar-refractivity contribution in [2.24, 2.45) is 35.5 Å². The monoisotopic (exact) mass is 648 g/mol.